The second kappa shape index (κ2) is 9.64. The van der Waals surface area contributed by atoms with Crippen LogP contribution in [0.1, 0.15) is 50.7 Å². The topological polar surface area (TPSA) is 207 Å². The van der Waals surface area contributed by atoms with Crippen LogP contribution in [0.5, 0.6) is 0 Å². The Labute approximate surface area is 254 Å². The summed E-state index contributed by atoms with van der Waals surface area (Å²) in [5.41, 5.74) is 13.1. The zero-order valence-electron chi connectivity index (χ0n) is 20.0. The molecule has 13 nitrogen and oxygen atoms in total. The number of aromatic nitrogens is 4. The molecule has 2 aliphatic heterocycles. The van der Waals surface area contributed by atoms with Gasteiger partial charge < -0.3 is 25.3 Å². The number of amides is 2. The van der Waals surface area contributed by atoms with Crippen molar-refractivity contribution >= 4 is 87.4 Å². The Morgan fingerprint density at radius 1 is 1.18 bits per heavy atom. The number of nitrogens with one attached hydrogen (secondary N) is 7. The highest BCUT2D eigenvalue weighted by molar-refractivity contribution is 9.13. The van der Waals surface area contributed by atoms with Crippen LogP contribution in [0.2, 0.25) is 0 Å². The molecule has 3 aromatic rings. The number of nitrogens with zero attached hydrogens (tertiary/aromatic N) is 1. The number of fused-ring (bicyclic) bond motifs is 5. The number of halogens is 4. The van der Waals surface area contributed by atoms with Crippen molar-refractivity contribution in [2.24, 2.45) is 5.73 Å². The number of imidazole rings is 1. The van der Waals surface area contributed by atoms with Crippen LogP contribution >= 0.6 is 63.7 Å². The lowest BCUT2D eigenvalue weighted by Gasteiger charge is -2.33. The SMILES string of the molecule is NC1=[NH+][C@H]2[C@@H]3NC(=O)c4cc(Br)c(Br)n4[C@@H]3[C@@H](c3[nH+]c(N)[nH]c3CCCNC(=O)c3cc(Br)c(Br)[nH]3)[C@@]2(O)N1. The fraction of sp³-hybridized carbons (Fsp3) is 0.364. The van der Waals surface area contributed by atoms with Gasteiger partial charge in [0.05, 0.1) is 25.6 Å². The van der Waals surface area contributed by atoms with Crippen molar-refractivity contribution in [2.45, 2.75) is 42.6 Å². The van der Waals surface area contributed by atoms with E-state index in [1.54, 1.807) is 12.1 Å². The number of nitrogens with two attached hydrogens (primary N) is 2. The molecule has 12 N–H and O–H groups in total. The van der Waals surface area contributed by atoms with Crippen molar-refractivity contribution in [1.29, 1.82) is 0 Å². The van der Waals surface area contributed by atoms with Crippen LogP contribution in [0, 0.1) is 0 Å². The smallest absolute Gasteiger partial charge is 0.350 e. The van der Waals surface area contributed by atoms with Crippen molar-refractivity contribution in [3.63, 3.8) is 0 Å². The molecular formula is C22H24Br4N10O3+2. The minimum absolute atomic E-state index is 0.217. The largest absolute Gasteiger partial charge is 0.356 e. The molecule has 6 rings (SSSR count). The second-order valence-corrected chi connectivity index (χ2v) is 13.0. The van der Waals surface area contributed by atoms with Crippen LogP contribution in [0.3, 0.4) is 0 Å². The molecule has 1 aliphatic carbocycles. The summed E-state index contributed by atoms with van der Waals surface area (Å²) in [6.07, 6.45) is 1.12. The summed E-state index contributed by atoms with van der Waals surface area (Å²) < 4.78 is 4.75. The Hall–Kier alpha value is -2.34. The monoisotopic (exact) mass is 792 g/mol. The van der Waals surface area contributed by atoms with Gasteiger partial charge in [-0.15, -0.1) is 0 Å². The molecule has 5 heterocycles. The number of anilines is 1. The number of carbonyl (C=O) groups excluding carboxylic acids is 2. The van der Waals surface area contributed by atoms with Gasteiger partial charge in [0, 0.05) is 13.0 Å². The number of aromatic amines is 3. The van der Waals surface area contributed by atoms with Crippen molar-refractivity contribution in [1.82, 2.24) is 30.5 Å². The predicted octanol–water partition coefficient (Wildman–Crippen LogP) is -0.541. The molecule has 3 aromatic heterocycles. The van der Waals surface area contributed by atoms with Gasteiger partial charge in [-0.3, -0.25) is 26.0 Å². The number of H-pyrrole nitrogens is 3. The molecule has 0 bridgehead atoms. The van der Waals surface area contributed by atoms with E-state index in [0.717, 1.165) is 14.6 Å². The summed E-state index contributed by atoms with van der Waals surface area (Å²) in [6, 6.07) is 1.92. The molecule has 0 saturated heterocycles. The van der Waals surface area contributed by atoms with E-state index in [-0.39, 0.29) is 17.8 Å². The summed E-state index contributed by atoms with van der Waals surface area (Å²) in [5.74, 6) is -0.551. The number of nitrogen functional groups attached to an aromatic ring is 1. The van der Waals surface area contributed by atoms with Gasteiger partial charge in [0.1, 0.15) is 33.3 Å². The lowest BCUT2D eigenvalue weighted by atomic mass is 9.89. The standard InChI is InChI=1S/C22H22Br4N10O3/c23-6-4-9(30-16(6)25)18(37)29-3-1-2-8-12(33-20(27)31-8)11-14-13(15-22(11,39)35-21(28)34-15)32-19(38)10-5-7(24)17(26)36(10)14/h4-5,11,13-15,30,39H,1-3H2,(H,29,37)(H,32,38)(H3,27,31,33)(H3,28,34,35)/p+2/t11-,13-,14-,15+,22+/m1/s1. The summed E-state index contributed by atoms with van der Waals surface area (Å²) in [4.78, 5) is 38.0. The summed E-state index contributed by atoms with van der Waals surface area (Å²) >= 11 is 13.8. The zero-order chi connectivity index (χ0) is 27.8. The zero-order valence-corrected chi connectivity index (χ0v) is 26.3. The van der Waals surface area contributed by atoms with Gasteiger partial charge in [-0.2, -0.15) is 0 Å². The Bertz CT molecular complexity index is 1530. The van der Waals surface area contributed by atoms with Crippen molar-refractivity contribution < 1.29 is 24.7 Å². The number of hydrogen-bond acceptors (Lipinski definition) is 6. The summed E-state index contributed by atoms with van der Waals surface area (Å²) in [6.45, 7) is 0.409. The lowest BCUT2D eigenvalue weighted by Crippen LogP contribution is -2.84. The summed E-state index contributed by atoms with van der Waals surface area (Å²) in [5, 5.41) is 21.1. The van der Waals surface area contributed by atoms with Gasteiger partial charge in [0.2, 0.25) is 5.72 Å². The van der Waals surface area contributed by atoms with Crippen LogP contribution in [-0.4, -0.2) is 61.8 Å². The quantitative estimate of drug-likeness (QED) is 0.150. The van der Waals surface area contributed by atoms with Gasteiger partial charge in [-0.25, -0.2) is 15.3 Å². The molecule has 0 unspecified atom stereocenters. The van der Waals surface area contributed by atoms with Gasteiger partial charge in [0.15, 0.2) is 6.04 Å². The number of aliphatic hydroxyl groups is 1. The molecule has 1 fully saturated rings. The van der Waals surface area contributed by atoms with Crippen LogP contribution in [0.4, 0.5) is 5.95 Å². The van der Waals surface area contributed by atoms with Crippen molar-refractivity contribution in [2.75, 3.05) is 12.3 Å². The number of guanidine groups is 1. The minimum Gasteiger partial charge on any atom is -0.356 e. The molecule has 0 spiro atoms. The number of aryl methyl sites for hydroxylation is 1. The number of hydrogen-bond donors (Lipinski definition) is 9. The van der Waals surface area contributed by atoms with Crippen LogP contribution in [0.15, 0.2) is 30.3 Å². The molecule has 5 atom stereocenters. The lowest BCUT2D eigenvalue weighted by molar-refractivity contribution is -0.514. The first-order chi connectivity index (χ1) is 18.5. The molecule has 1 saturated carbocycles. The van der Waals surface area contributed by atoms with Gasteiger partial charge in [-0.1, -0.05) is 0 Å². The van der Waals surface area contributed by atoms with E-state index in [1.165, 1.54) is 0 Å². The number of carbonyl (C=O) groups is 2. The average Bonchev–Trinajstić information content (AvgIpc) is 3.62. The molecule has 2 amide bonds. The third-order valence-corrected chi connectivity index (χ3v) is 11.2. The van der Waals surface area contributed by atoms with Crippen LogP contribution in [0.25, 0.3) is 0 Å². The average molecular weight is 796 g/mol. The molecule has 206 valence electrons. The highest BCUT2D eigenvalue weighted by Crippen LogP contribution is 2.51. The maximum atomic E-state index is 13.0. The first-order valence-corrected chi connectivity index (χ1v) is 15.1. The van der Waals surface area contributed by atoms with Crippen molar-refractivity contribution in [3.05, 3.63) is 53.1 Å². The molecule has 0 aromatic carbocycles. The molecular weight excluding hydrogens is 772 g/mol. The first kappa shape index (κ1) is 26.9. The van der Waals surface area contributed by atoms with E-state index in [0.29, 0.717) is 51.6 Å². The van der Waals surface area contributed by atoms with E-state index in [9.17, 15) is 14.7 Å². The molecule has 3 aliphatic rings. The third-order valence-electron chi connectivity index (χ3n) is 7.47. The van der Waals surface area contributed by atoms with E-state index in [2.05, 4.69) is 99.6 Å². The van der Waals surface area contributed by atoms with Crippen LogP contribution in [-0.2, 0) is 6.42 Å². The normalized spacial score (nSPS) is 26.9. The third kappa shape index (κ3) is 4.24. The van der Waals surface area contributed by atoms with Gasteiger partial charge in [0.25, 0.3) is 11.8 Å². The molecule has 17 heteroatoms. The highest BCUT2D eigenvalue weighted by Gasteiger charge is 2.70. The Kier molecular flexibility index (Phi) is 6.64. The number of rotatable bonds is 6. The fourth-order valence-electron chi connectivity index (χ4n) is 5.97. The second-order valence-electron chi connectivity index (χ2n) is 9.75. The van der Waals surface area contributed by atoms with E-state index in [1.807, 2.05) is 4.57 Å². The van der Waals surface area contributed by atoms with Crippen molar-refractivity contribution in [3.8, 4) is 0 Å². The maximum Gasteiger partial charge on any atom is 0.350 e. The minimum atomic E-state index is -1.55. The van der Waals surface area contributed by atoms with E-state index in [4.69, 9.17) is 11.5 Å². The Morgan fingerprint density at radius 3 is 2.67 bits per heavy atom. The summed E-state index contributed by atoms with van der Waals surface area (Å²) in [7, 11) is 0. The van der Waals surface area contributed by atoms with E-state index >= 15 is 0 Å². The van der Waals surface area contributed by atoms with Crippen LogP contribution < -0.4 is 37.4 Å². The Balaban J connectivity index is 1.30. The predicted molar refractivity (Wildman–Crippen MR) is 154 cm³/mol. The highest BCUT2D eigenvalue weighted by atomic mass is 79.9. The maximum absolute atomic E-state index is 13.0. The molecule has 39 heavy (non-hydrogen) atoms. The fourth-order valence-corrected chi connectivity index (χ4v) is 7.58. The van der Waals surface area contributed by atoms with Gasteiger partial charge in [-0.05, 0) is 82.3 Å². The Morgan fingerprint density at radius 2 is 1.95 bits per heavy atom. The molecule has 0 radical (unpaired) electrons. The first-order valence-electron chi connectivity index (χ1n) is 12.0. The van der Waals surface area contributed by atoms with Gasteiger partial charge >= 0.3 is 11.9 Å². The van der Waals surface area contributed by atoms with E-state index < -0.39 is 29.8 Å².